The third-order valence-corrected chi connectivity index (χ3v) is 4.93. The fourth-order valence-electron chi connectivity index (χ4n) is 1.72. The summed E-state index contributed by atoms with van der Waals surface area (Å²) in [7, 11) is 1.51. The average Bonchev–Trinajstić information content (AvgIpc) is 3.16. The van der Waals surface area contributed by atoms with E-state index >= 15 is 0 Å². The second-order valence-electron chi connectivity index (χ2n) is 4.64. The highest BCUT2D eigenvalue weighted by Crippen LogP contribution is 2.38. The molecule has 1 saturated carbocycles. The number of nitrogens with zero attached hydrogens (tertiary/aromatic N) is 2. The van der Waals surface area contributed by atoms with Crippen LogP contribution in [0.15, 0.2) is 32.1 Å². The Morgan fingerprint density at radius 3 is 2.81 bits per heavy atom. The molecule has 1 aromatic heterocycles. The molecule has 6 nitrogen and oxygen atoms in total. The summed E-state index contributed by atoms with van der Waals surface area (Å²) in [6.45, 7) is 0.116. The molecule has 0 radical (unpaired) electrons. The van der Waals surface area contributed by atoms with Gasteiger partial charge in [0, 0.05) is 16.6 Å². The monoisotopic (exact) mass is 392 g/mol. The van der Waals surface area contributed by atoms with Gasteiger partial charge in [0.1, 0.15) is 5.75 Å². The zero-order valence-corrected chi connectivity index (χ0v) is 13.8. The van der Waals surface area contributed by atoms with Gasteiger partial charge in [-0.1, -0.05) is 5.16 Å². The molecule has 1 fully saturated rings. The van der Waals surface area contributed by atoms with Gasteiger partial charge in [-0.05, 0) is 47.0 Å². The van der Waals surface area contributed by atoms with E-state index in [9.17, 15) is 8.42 Å². The summed E-state index contributed by atoms with van der Waals surface area (Å²) in [4.78, 5) is 4.24. The zero-order chi connectivity index (χ0) is 15.0. The van der Waals surface area contributed by atoms with E-state index in [1.807, 2.05) is 0 Å². The predicted octanol–water partition coefficient (Wildman–Crippen LogP) is 3.22. The average molecular weight is 394 g/mol. The molecule has 9 heteroatoms. The van der Waals surface area contributed by atoms with Crippen LogP contribution in [0.3, 0.4) is 0 Å². The van der Waals surface area contributed by atoms with Crippen molar-refractivity contribution in [2.75, 3.05) is 0 Å². The summed E-state index contributed by atoms with van der Waals surface area (Å²) in [5, 5.41) is 3.88. The van der Waals surface area contributed by atoms with Crippen LogP contribution >= 0.6 is 26.6 Å². The van der Waals surface area contributed by atoms with E-state index in [-0.39, 0.29) is 11.5 Å². The molecule has 0 saturated heterocycles. The lowest BCUT2D eigenvalue weighted by Gasteiger charge is -2.06. The number of halogens is 2. The molecule has 0 amide bonds. The first-order valence-corrected chi connectivity index (χ1v) is 9.23. The lowest BCUT2D eigenvalue weighted by atomic mass is 10.3. The molecule has 21 heavy (non-hydrogen) atoms. The van der Waals surface area contributed by atoms with Gasteiger partial charge < -0.3 is 9.26 Å². The summed E-state index contributed by atoms with van der Waals surface area (Å²) < 4.78 is 33.5. The molecule has 1 aliphatic rings. The molecule has 1 heterocycles. The second kappa shape index (κ2) is 5.58. The van der Waals surface area contributed by atoms with E-state index in [1.165, 1.54) is 18.2 Å². The maximum atomic E-state index is 11.2. The molecule has 1 aromatic carbocycles. The van der Waals surface area contributed by atoms with Crippen molar-refractivity contribution < 1.29 is 17.7 Å². The van der Waals surface area contributed by atoms with Crippen molar-refractivity contribution in [1.29, 1.82) is 0 Å². The van der Waals surface area contributed by atoms with E-state index in [4.69, 9.17) is 19.9 Å². The highest BCUT2D eigenvalue weighted by atomic mass is 79.9. The van der Waals surface area contributed by atoms with Crippen molar-refractivity contribution in [2.45, 2.75) is 30.3 Å². The molecule has 0 bridgehead atoms. The van der Waals surface area contributed by atoms with Crippen LogP contribution in [0.25, 0.3) is 0 Å². The van der Waals surface area contributed by atoms with Crippen molar-refractivity contribution in [3.05, 3.63) is 34.4 Å². The number of aromatic nitrogens is 2. The zero-order valence-electron chi connectivity index (χ0n) is 10.6. The van der Waals surface area contributed by atoms with E-state index in [0.29, 0.717) is 22.0 Å². The fraction of sp³-hybridized carbons (Fsp3) is 0.333. The first-order chi connectivity index (χ1) is 9.93. The Balaban J connectivity index is 1.69. The summed E-state index contributed by atoms with van der Waals surface area (Å²) in [5.41, 5.74) is 0. The molecule has 1 aliphatic carbocycles. The lowest BCUT2D eigenvalue weighted by Crippen LogP contribution is -1.98. The fourth-order valence-corrected chi connectivity index (χ4v) is 3.15. The van der Waals surface area contributed by atoms with Crippen molar-refractivity contribution in [2.24, 2.45) is 0 Å². The van der Waals surface area contributed by atoms with Crippen LogP contribution in [0.1, 0.15) is 30.5 Å². The summed E-state index contributed by atoms with van der Waals surface area (Å²) >= 11 is 3.24. The van der Waals surface area contributed by atoms with Crippen LogP contribution in [0.4, 0.5) is 0 Å². The Hall–Kier alpha value is -1.12. The molecule has 0 N–H and O–H groups in total. The van der Waals surface area contributed by atoms with E-state index < -0.39 is 9.05 Å². The van der Waals surface area contributed by atoms with Crippen LogP contribution in [0.5, 0.6) is 5.75 Å². The van der Waals surface area contributed by atoms with Crippen LogP contribution in [-0.2, 0) is 15.7 Å². The molecular weight excluding hydrogens is 384 g/mol. The van der Waals surface area contributed by atoms with Crippen molar-refractivity contribution in [1.82, 2.24) is 10.1 Å². The number of ether oxygens (including phenoxy) is 1. The Labute approximate surface area is 134 Å². The quantitative estimate of drug-likeness (QED) is 0.725. The minimum absolute atomic E-state index is 0.00259. The minimum atomic E-state index is -3.76. The van der Waals surface area contributed by atoms with Crippen LogP contribution in [0.2, 0.25) is 0 Å². The highest BCUT2D eigenvalue weighted by molar-refractivity contribution is 9.10. The van der Waals surface area contributed by atoms with Crippen LogP contribution in [-0.4, -0.2) is 18.6 Å². The first-order valence-electron chi connectivity index (χ1n) is 6.13. The first kappa shape index (κ1) is 14.8. The van der Waals surface area contributed by atoms with Gasteiger partial charge in [-0.15, -0.1) is 0 Å². The van der Waals surface area contributed by atoms with E-state index in [0.717, 1.165) is 18.7 Å². The second-order valence-corrected chi connectivity index (χ2v) is 8.06. The molecule has 0 atom stereocenters. The van der Waals surface area contributed by atoms with Crippen molar-refractivity contribution in [3.8, 4) is 5.75 Å². The Morgan fingerprint density at radius 2 is 2.19 bits per heavy atom. The lowest BCUT2D eigenvalue weighted by molar-refractivity contribution is 0.241. The van der Waals surface area contributed by atoms with Gasteiger partial charge in [0.2, 0.25) is 0 Å². The Bertz CT molecular complexity index is 773. The third-order valence-electron chi connectivity index (χ3n) is 2.96. The molecule has 3 rings (SSSR count). The summed E-state index contributed by atoms with van der Waals surface area (Å²) in [6.07, 6.45) is 2.19. The number of rotatable bonds is 5. The Kier molecular flexibility index (Phi) is 3.94. The molecule has 0 unspecified atom stereocenters. The number of hydrogen-bond acceptors (Lipinski definition) is 6. The number of hydrogen-bond donors (Lipinski definition) is 0. The van der Waals surface area contributed by atoms with E-state index in [2.05, 4.69) is 26.1 Å². The highest BCUT2D eigenvalue weighted by Gasteiger charge is 2.28. The minimum Gasteiger partial charge on any atom is -0.483 e. The standard InChI is InChI=1S/C12H10BrClN2O4S/c13-9-5-8(21(14,17)18)3-4-10(9)19-6-11-15-12(16-20-11)7-1-2-7/h3-5,7H,1-2,6H2. The largest absolute Gasteiger partial charge is 0.483 e. The van der Waals surface area contributed by atoms with Gasteiger partial charge >= 0.3 is 0 Å². The van der Waals surface area contributed by atoms with Crippen LogP contribution < -0.4 is 4.74 Å². The summed E-state index contributed by atoms with van der Waals surface area (Å²) in [5.74, 6) is 1.99. The van der Waals surface area contributed by atoms with Gasteiger partial charge in [0.25, 0.3) is 14.9 Å². The molecular formula is C12H10BrClN2O4S. The molecule has 2 aromatic rings. The normalized spacial score (nSPS) is 15.1. The van der Waals surface area contributed by atoms with Gasteiger partial charge in [-0.25, -0.2) is 8.42 Å². The molecule has 112 valence electrons. The van der Waals surface area contributed by atoms with Gasteiger partial charge in [-0.3, -0.25) is 0 Å². The van der Waals surface area contributed by atoms with Gasteiger partial charge in [0.15, 0.2) is 12.4 Å². The number of benzene rings is 1. The maximum Gasteiger partial charge on any atom is 0.264 e. The Morgan fingerprint density at radius 1 is 1.43 bits per heavy atom. The summed E-state index contributed by atoms with van der Waals surface area (Å²) in [6, 6.07) is 4.25. The van der Waals surface area contributed by atoms with Crippen LogP contribution in [0, 0.1) is 0 Å². The topological polar surface area (TPSA) is 82.3 Å². The third kappa shape index (κ3) is 3.56. The SMILES string of the molecule is O=S(=O)(Cl)c1ccc(OCc2nc(C3CC3)no2)c(Br)c1. The van der Waals surface area contributed by atoms with E-state index in [1.54, 1.807) is 0 Å². The van der Waals surface area contributed by atoms with Gasteiger partial charge in [0.05, 0.1) is 9.37 Å². The predicted molar refractivity (Wildman–Crippen MR) is 77.8 cm³/mol. The molecule has 0 aliphatic heterocycles. The van der Waals surface area contributed by atoms with Crippen molar-refractivity contribution >= 4 is 35.7 Å². The molecule has 0 spiro atoms. The van der Waals surface area contributed by atoms with Gasteiger partial charge in [-0.2, -0.15) is 4.98 Å². The maximum absolute atomic E-state index is 11.2. The smallest absolute Gasteiger partial charge is 0.264 e. The van der Waals surface area contributed by atoms with Crippen molar-refractivity contribution in [3.63, 3.8) is 0 Å².